The molecule has 0 saturated heterocycles. The molecule has 3 nitrogen and oxygen atoms in total. The van der Waals surface area contributed by atoms with Gasteiger partial charge in [0.15, 0.2) is 0 Å². The van der Waals surface area contributed by atoms with Gasteiger partial charge in [-0.05, 0) is 44.8 Å². The maximum atomic E-state index is 11.8. The van der Waals surface area contributed by atoms with Crippen LogP contribution in [0.5, 0.6) is 0 Å². The number of carbonyl (C=O) groups is 1. The van der Waals surface area contributed by atoms with E-state index in [1.807, 2.05) is 13.0 Å². The molecular weight excluding hydrogens is 240 g/mol. The molecular formula is C16H22O3. The van der Waals surface area contributed by atoms with Crippen LogP contribution in [0.2, 0.25) is 0 Å². The van der Waals surface area contributed by atoms with Gasteiger partial charge in [-0.15, -0.1) is 0 Å². The molecule has 3 atom stereocenters. The van der Waals surface area contributed by atoms with Crippen LogP contribution in [-0.4, -0.2) is 25.3 Å². The zero-order valence-corrected chi connectivity index (χ0v) is 11.9. The summed E-state index contributed by atoms with van der Waals surface area (Å²) in [5.74, 6) is -0.0500. The first-order chi connectivity index (χ1) is 9.02. The summed E-state index contributed by atoms with van der Waals surface area (Å²) in [5.41, 5.74) is 3.06. The minimum atomic E-state index is -0.177. The average molecular weight is 262 g/mol. The van der Waals surface area contributed by atoms with E-state index in [-0.39, 0.29) is 24.1 Å². The third-order valence-electron chi connectivity index (χ3n) is 4.04. The van der Waals surface area contributed by atoms with Crippen molar-refractivity contribution >= 4 is 5.97 Å². The van der Waals surface area contributed by atoms with Crippen molar-refractivity contribution in [3.8, 4) is 0 Å². The lowest BCUT2D eigenvalue weighted by atomic mass is 9.86. The second kappa shape index (κ2) is 5.74. The van der Waals surface area contributed by atoms with Gasteiger partial charge in [-0.25, -0.2) is 4.79 Å². The van der Waals surface area contributed by atoms with Crippen LogP contribution in [0.4, 0.5) is 0 Å². The minimum absolute atomic E-state index is 0.0657. The van der Waals surface area contributed by atoms with Gasteiger partial charge in [-0.3, -0.25) is 0 Å². The van der Waals surface area contributed by atoms with Crippen LogP contribution in [0, 0.1) is 5.92 Å². The highest BCUT2D eigenvalue weighted by Crippen LogP contribution is 2.33. The van der Waals surface area contributed by atoms with Crippen molar-refractivity contribution in [3.05, 3.63) is 35.5 Å². The number of methoxy groups -OCH3 is 1. The van der Waals surface area contributed by atoms with Crippen molar-refractivity contribution in [2.45, 2.75) is 45.3 Å². The first-order valence-corrected chi connectivity index (χ1v) is 6.79. The summed E-state index contributed by atoms with van der Waals surface area (Å²) in [6.07, 6.45) is 6.43. The predicted molar refractivity (Wildman–Crippen MR) is 74.7 cm³/mol. The Hall–Kier alpha value is -1.35. The van der Waals surface area contributed by atoms with Crippen LogP contribution in [0.3, 0.4) is 0 Å². The molecule has 0 N–H and O–H groups in total. The topological polar surface area (TPSA) is 35.5 Å². The lowest BCUT2D eigenvalue weighted by molar-refractivity contribution is -0.141. The molecule has 19 heavy (non-hydrogen) atoms. The van der Waals surface area contributed by atoms with Crippen molar-refractivity contribution in [2.24, 2.45) is 5.92 Å². The fourth-order valence-corrected chi connectivity index (χ4v) is 2.78. The normalized spacial score (nSPS) is 34.1. The van der Waals surface area contributed by atoms with Crippen LogP contribution in [0.25, 0.3) is 0 Å². The number of fused-ring (bicyclic) bond motifs is 1. The third-order valence-corrected chi connectivity index (χ3v) is 4.04. The number of esters is 1. The fraction of sp³-hybridized carbons (Fsp3) is 0.562. The molecule has 0 fully saturated rings. The number of carbonyl (C=O) groups excluding carboxylic acids is 1. The monoisotopic (exact) mass is 262 g/mol. The Labute approximate surface area is 115 Å². The zero-order chi connectivity index (χ0) is 14.0. The minimum Gasteiger partial charge on any atom is -0.454 e. The highest BCUT2D eigenvalue weighted by atomic mass is 16.5. The van der Waals surface area contributed by atoms with Gasteiger partial charge < -0.3 is 9.47 Å². The average Bonchev–Trinajstić information content (AvgIpc) is 2.70. The number of rotatable bonds is 2. The molecule has 0 aromatic heterocycles. The Morgan fingerprint density at radius 2 is 2.26 bits per heavy atom. The number of ether oxygens (including phenoxy) is 2. The molecule has 0 unspecified atom stereocenters. The molecule has 3 heteroatoms. The van der Waals surface area contributed by atoms with E-state index in [2.05, 4.69) is 19.6 Å². The number of allylic oxidation sites excluding steroid dienone is 1. The van der Waals surface area contributed by atoms with Crippen LogP contribution in [0.15, 0.2) is 35.5 Å². The van der Waals surface area contributed by atoms with E-state index >= 15 is 0 Å². The van der Waals surface area contributed by atoms with Crippen molar-refractivity contribution in [2.75, 3.05) is 7.11 Å². The molecule has 2 aliphatic rings. The van der Waals surface area contributed by atoms with Crippen molar-refractivity contribution in [3.63, 3.8) is 0 Å². The van der Waals surface area contributed by atoms with E-state index in [0.29, 0.717) is 0 Å². The quantitative estimate of drug-likeness (QED) is 0.566. The Morgan fingerprint density at radius 3 is 2.89 bits per heavy atom. The van der Waals surface area contributed by atoms with E-state index in [1.54, 1.807) is 7.11 Å². The van der Waals surface area contributed by atoms with Crippen molar-refractivity contribution in [1.29, 1.82) is 0 Å². The summed E-state index contributed by atoms with van der Waals surface area (Å²) in [6, 6.07) is 0. The molecule has 0 spiro atoms. The van der Waals surface area contributed by atoms with E-state index in [4.69, 9.17) is 9.47 Å². The van der Waals surface area contributed by atoms with Crippen LogP contribution in [-0.2, 0) is 14.3 Å². The molecule has 0 aromatic carbocycles. The van der Waals surface area contributed by atoms with E-state index in [9.17, 15) is 4.79 Å². The smallest absolute Gasteiger partial charge is 0.334 e. The lowest BCUT2D eigenvalue weighted by Crippen LogP contribution is -2.27. The molecule has 1 heterocycles. The summed E-state index contributed by atoms with van der Waals surface area (Å²) in [5, 5.41) is 0. The molecule has 2 rings (SSSR count). The molecule has 0 aromatic rings. The van der Waals surface area contributed by atoms with E-state index in [1.165, 1.54) is 5.57 Å². The van der Waals surface area contributed by atoms with Gasteiger partial charge in [-0.1, -0.05) is 18.2 Å². The molecule has 0 amide bonds. The van der Waals surface area contributed by atoms with Crippen molar-refractivity contribution in [1.82, 2.24) is 0 Å². The molecule has 0 radical (unpaired) electrons. The largest absolute Gasteiger partial charge is 0.454 e. The van der Waals surface area contributed by atoms with Crippen molar-refractivity contribution < 1.29 is 14.3 Å². The molecule has 1 aliphatic carbocycles. The van der Waals surface area contributed by atoms with Crippen LogP contribution >= 0.6 is 0 Å². The van der Waals surface area contributed by atoms with Gasteiger partial charge in [0.2, 0.25) is 0 Å². The Kier molecular flexibility index (Phi) is 4.25. The van der Waals surface area contributed by atoms with Gasteiger partial charge in [0, 0.05) is 18.6 Å². The van der Waals surface area contributed by atoms with E-state index in [0.717, 1.165) is 30.4 Å². The molecule has 2 bridgehead atoms. The lowest BCUT2D eigenvalue weighted by Gasteiger charge is -2.27. The standard InChI is InChI=1S/C16H22O3/c1-10(2)13-9-14(18-4)11(3)6-5-7-12-8-15(13)19-16(12)17/h6,8,13-15H,1,5,7,9H2,2-4H3/b11-6+/t13-,14+,15-/m0/s1. The van der Waals surface area contributed by atoms with Gasteiger partial charge >= 0.3 is 5.97 Å². The predicted octanol–water partition coefficient (Wildman–Crippen LogP) is 3.18. The first kappa shape index (κ1) is 14.1. The third kappa shape index (κ3) is 2.98. The summed E-state index contributed by atoms with van der Waals surface area (Å²) in [4.78, 5) is 11.8. The summed E-state index contributed by atoms with van der Waals surface area (Å²) in [6.45, 7) is 8.12. The highest BCUT2D eigenvalue weighted by molar-refractivity contribution is 5.91. The maximum absolute atomic E-state index is 11.8. The second-order valence-corrected chi connectivity index (χ2v) is 5.46. The van der Waals surface area contributed by atoms with Gasteiger partial charge in [0.25, 0.3) is 0 Å². The molecule has 104 valence electrons. The number of hydrogen-bond donors (Lipinski definition) is 0. The number of hydrogen-bond acceptors (Lipinski definition) is 3. The second-order valence-electron chi connectivity index (χ2n) is 5.46. The molecule has 0 saturated carbocycles. The Morgan fingerprint density at radius 1 is 1.53 bits per heavy atom. The summed E-state index contributed by atoms with van der Waals surface area (Å²) < 4.78 is 11.1. The van der Waals surface area contributed by atoms with Gasteiger partial charge in [0.05, 0.1) is 6.10 Å². The zero-order valence-electron chi connectivity index (χ0n) is 11.9. The summed E-state index contributed by atoms with van der Waals surface area (Å²) >= 11 is 0. The van der Waals surface area contributed by atoms with Crippen LogP contribution in [0.1, 0.15) is 33.1 Å². The van der Waals surface area contributed by atoms with E-state index < -0.39 is 0 Å². The molecule has 1 aliphatic heterocycles. The van der Waals surface area contributed by atoms with Gasteiger partial charge in [-0.2, -0.15) is 0 Å². The highest BCUT2D eigenvalue weighted by Gasteiger charge is 2.34. The SMILES string of the molecule is C=C(C)[C@@H]1C[C@@H](OC)/C(C)=C/CCC2=C[C@@H]1OC2=O. The maximum Gasteiger partial charge on any atom is 0.334 e. The van der Waals surface area contributed by atoms with Gasteiger partial charge in [0.1, 0.15) is 6.10 Å². The Bertz CT molecular complexity index is 445. The first-order valence-electron chi connectivity index (χ1n) is 6.79. The summed E-state index contributed by atoms with van der Waals surface area (Å²) in [7, 11) is 1.73. The Balaban J connectivity index is 2.31. The van der Waals surface area contributed by atoms with Crippen LogP contribution < -0.4 is 0 Å². The fourth-order valence-electron chi connectivity index (χ4n) is 2.78.